The van der Waals surface area contributed by atoms with Crippen LogP contribution in [0.15, 0.2) is 0 Å². The monoisotopic (exact) mass is 391 g/mol. The molecule has 13 heteroatoms. The summed E-state index contributed by atoms with van der Waals surface area (Å²) in [5, 5.41) is 16.9. The van der Waals surface area contributed by atoms with Gasteiger partial charge in [0.05, 0.1) is 6.42 Å². The average Bonchev–Trinajstić information content (AvgIpc) is 2.56. The van der Waals surface area contributed by atoms with E-state index < -0.39 is 73.2 Å². The topological polar surface area (TPSA) is 239 Å². The van der Waals surface area contributed by atoms with Crippen LogP contribution in [-0.2, 0) is 38.2 Å². The highest BCUT2D eigenvalue weighted by Gasteiger charge is 2.27. The minimum Gasteiger partial charge on any atom is -0.481 e. The van der Waals surface area contributed by atoms with Gasteiger partial charge in [0.15, 0.2) is 0 Å². The predicted molar refractivity (Wildman–Crippen MR) is 84.5 cm³/mol. The van der Waals surface area contributed by atoms with E-state index in [4.69, 9.17) is 27.4 Å². The van der Waals surface area contributed by atoms with Gasteiger partial charge in [0, 0.05) is 12.8 Å². The zero-order valence-corrected chi connectivity index (χ0v) is 14.2. The molecule has 0 unspecified atom stereocenters. The zero-order chi connectivity index (χ0) is 21.1. The minimum atomic E-state index is -1.66. The van der Waals surface area contributed by atoms with E-state index in [-0.39, 0.29) is 12.8 Å². The van der Waals surface area contributed by atoms with Crippen molar-refractivity contribution in [3.8, 4) is 0 Å². The molecule has 0 spiro atoms. The molecule has 0 aromatic heterocycles. The molecule has 0 radical (unpaired) electrons. The minimum absolute atomic E-state index is 0.266. The number of ether oxygens (including phenoxy) is 2. The SMILES string of the molecule is N[C@@H](CCC(=O)O)C(=O)OC(=O)C[C@H](N)C(=O)OC(=O)[C@@H](N)CCC(=O)O. The summed E-state index contributed by atoms with van der Waals surface area (Å²) in [6.07, 6.45) is -2.21. The number of carboxylic acid groups (broad SMARTS) is 2. The Balaban J connectivity index is 4.39. The zero-order valence-electron chi connectivity index (χ0n) is 14.2. The second kappa shape index (κ2) is 11.7. The number of carbonyl (C=O) groups is 6. The third kappa shape index (κ3) is 10.6. The van der Waals surface area contributed by atoms with Gasteiger partial charge in [0.25, 0.3) is 0 Å². The Kier molecular flexibility index (Phi) is 10.4. The van der Waals surface area contributed by atoms with Gasteiger partial charge in [0.1, 0.15) is 18.1 Å². The second-order valence-corrected chi connectivity index (χ2v) is 5.42. The molecule has 0 saturated carbocycles. The first-order chi connectivity index (χ1) is 12.4. The highest BCUT2D eigenvalue weighted by atomic mass is 16.6. The number of hydrogen-bond donors (Lipinski definition) is 5. The largest absolute Gasteiger partial charge is 0.481 e. The summed E-state index contributed by atoms with van der Waals surface area (Å²) in [5.41, 5.74) is 16.0. The molecule has 0 aliphatic rings. The van der Waals surface area contributed by atoms with E-state index in [1.165, 1.54) is 0 Å². The Morgan fingerprint density at radius 2 is 1.04 bits per heavy atom. The van der Waals surface area contributed by atoms with E-state index in [1.54, 1.807) is 0 Å². The number of rotatable bonds is 11. The smallest absolute Gasteiger partial charge is 0.331 e. The van der Waals surface area contributed by atoms with Crippen LogP contribution in [-0.4, -0.2) is 64.2 Å². The maximum atomic E-state index is 11.6. The molecule has 13 nitrogen and oxygen atoms in total. The molecule has 0 fully saturated rings. The number of carbonyl (C=O) groups excluding carboxylic acids is 4. The van der Waals surface area contributed by atoms with Gasteiger partial charge in [-0.2, -0.15) is 0 Å². The van der Waals surface area contributed by atoms with Gasteiger partial charge < -0.3 is 36.9 Å². The van der Waals surface area contributed by atoms with E-state index in [0.29, 0.717) is 0 Å². The van der Waals surface area contributed by atoms with Gasteiger partial charge in [-0.3, -0.25) is 14.4 Å². The average molecular weight is 391 g/mol. The fraction of sp³-hybridized carbons (Fsp3) is 0.571. The van der Waals surface area contributed by atoms with Gasteiger partial charge in [-0.1, -0.05) is 0 Å². The third-order valence-electron chi connectivity index (χ3n) is 3.05. The molecule has 152 valence electrons. The van der Waals surface area contributed by atoms with Crippen molar-refractivity contribution in [2.24, 2.45) is 17.2 Å². The summed E-state index contributed by atoms with van der Waals surface area (Å²) in [6, 6.07) is -4.39. The van der Waals surface area contributed by atoms with Crippen LogP contribution >= 0.6 is 0 Å². The highest BCUT2D eigenvalue weighted by molar-refractivity contribution is 5.94. The van der Waals surface area contributed by atoms with Gasteiger partial charge in [-0.05, 0) is 12.8 Å². The Morgan fingerprint density at radius 3 is 1.44 bits per heavy atom. The van der Waals surface area contributed by atoms with Crippen molar-refractivity contribution >= 4 is 35.8 Å². The summed E-state index contributed by atoms with van der Waals surface area (Å²) < 4.78 is 8.65. The Morgan fingerprint density at radius 1 is 0.667 bits per heavy atom. The lowest BCUT2D eigenvalue weighted by molar-refractivity contribution is -0.167. The molecule has 3 atom stereocenters. The standard InChI is InChI=1S/C14H21N3O10/c15-6(1-3-9(18)19)12(23)26-11(22)5-8(17)14(25)27-13(24)7(16)2-4-10(20)21/h6-8H,1-5,15-17H2,(H,18,19)(H,20,21)/t6-,7-,8-/m0/s1. The quantitative estimate of drug-likeness (QED) is 0.177. The van der Waals surface area contributed by atoms with Crippen molar-refractivity contribution in [3.63, 3.8) is 0 Å². The molecule has 0 aliphatic heterocycles. The lowest BCUT2D eigenvalue weighted by Crippen LogP contribution is -2.41. The molecule has 0 amide bonds. The fourth-order valence-electron chi connectivity index (χ4n) is 1.54. The number of carboxylic acids is 2. The number of hydrogen-bond acceptors (Lipinski definition) is 11. The van der Waals surface area contributed by atoms with Crippen molar-refractivity contribution in [2.75, 3.05) is 0 Å². The second-order valence-electron chi connectivity index (χ2n) is 5.42. The van der Waals surface area contributed by atoms with Crippen LogP contribution in [0, 0.1) is 0 Å². The molecule has 0 bridgehead atoms. The fourth-order valence-corrected chi connectivity index (χ4v) is 1.54. The normalized spacial score (nSPS) is 13.7. The molecular weight excluding hydrogens is 370 g/mol. The molecule has 0 rings (SSSR count). The summed E-state index contributed by atoms with van der Waals surface area (Å²) >= 11 is 0. The van der Waals surface area contributed by atoms with Crippen molar-refractivity contribution < 1.29 is 48.5 Å². The van der Waals surface area contributed by atoms with Crippen LogP contribution in [0.4, 0.5) is 0 Å². The molecule has 27 heavy (non-hydrogen) atoms. The summed E-state index contributed by atoms with van der Waals surface area (Å²) in [4.78, 5) is 66.9. The van der Waals surface area contributed by atoms with Crippen molar-refractivity contribution in [1.82, 2.24) is 0 Å². The van der Waals surface area contributed by atoms with Crippen molar-refractivity contribution in [1.29, 1.82) is 0 Å². The number of aliphatic carboxylic acids is 2. The summed E-state index contributed by atoms with van der Waals surface area (Å²) in [7, 11) is 0. The van der Waals surface area contributed by atoms with E-state index in [1.807, 2.05) is 0 Å². The highest BCUT2D eigenvalue weighted by Crippen LogP contribution is 2.03. The first-order valence-electron chi connectivity index (χ1n) is 7.64. The molecular formula is C14H21N3O10. The molecule has 0 aromatic carbocycles. The molecule has 0 saturated heterocycles. The summed E-state index contributed by atoms with van der Waals surface area (Å²) in [5.74, 6) is -7.38. The first-order valence-corrected chi connectivity index (χ1v) is 7.64. The van der Waals surface area contributed by atoms with Crippen LogP contribution in [0.3, 0.4) is 0 Å². The molecule has 0 aromatic rings. The molecule has 0 aliphatic carbocycles. The van der Waals surface area contributed by atoms with Crippen LogP contribution in [0.5, 0.6) is 0 Å². The number of esters is 4. The summed E-state index contributed by atoms with van der Waals surface area (Å²) in [6.45, 7) is 0. The van der Waals surface area contributed by atoms with E-state index >= 15 is 0 Å². The Hall–Kier alpha value is -2.90. The van der Waals surface area contributed by atoms with Crippen LogP contribution in [0.25, 0.3) is 0 Å². The lowest BCUT2D eigenvalue weighted by Gasteiger charge is -2.13. The molecule has 8 N–H and O–H groups in total. The van der Waals surface area contributed by atoms with Gasteiger partial charge in [-0.25, -0.2) is 14.4 Å². The molecule has 0 heterocycles. The van der Waals surface area contributed by atoms with Crippen molar-refractivity contribution in [2.45, 2.75) is 50.2 Å². The van der Waals surface area contributed by atoms with Gasteiger partial charge in [-0.15, -0.1) is 0 Å². The van der Waals surface area contributed by atoms with Gasteiger partial charge >= 0.3 is 35.8 Å². The Bertz CT molecular complexity index is 606. The third-order valence-corrected chi connectivity index (χ3v) is 3.05. The van der Waals surface area contributed by atoms with E-state index in [9.17, 15) is 28.8 Å². The van der Waals surface area contributed by atoms with E-state index in [0.717, 1.165) is 0 Å². The maximum Gasteiger partial charge on any atom is 0.331 e. The lowest BCUT2D eigenvalue weighted by atomic mass is 10.1. The first kappa shape index (κ1) is 24.1. The predicted octanol–water partition coefficient (Wildman–Crippen LogP) is -2.77. The maximum absolute atomic E-state index is 11.6. The van der Waals surface area contributed by atoms with Gasteiger partial charge in [0.2, 0.25) is 0 Å². The van der Waals surface area contributed by atoms with E-state index in [2.05, 4.69) is 9.47 Å². The van der Waals surface area contributed by atoms with Crippen molar-refractivity contribution in [3.05, 3.63) is 0 Å². The number of nitrogens with two attached hydrogens (primary N) is 3. The van der Waals surface area contributed by atoms with Crippen LogP contribution in [0.1, 0.15) is 32.1 Å². The Labute approximate surface area is 152 Å². The van der Waals surface area contributed by atoms with Crippen LogP contribution < -0.4 is 17.2 Å². The van der Waals surface area contributed by atoms with Crippen LogP contribution in [0.2, 0.25) is 0 Å².